The second-order valence-corrected chi connectivity index (χ2v) is 3.42. The second kappa shape index (κ2) is 3.57. The van der Waals surface area contributed by atoms with Gasteiger partial charge in [-0.05, 0) is 5.92 Å². The van der Waals surface area contributed by atoms with Gasteiger partial charge in [-0.2, -0.15) is 0 Å². The number of carbonyl (C=O) groups excluding carboxylic acids is 1. The number of ether oxygens (including phenoxy) is 1. The summed E-state index contributed by atoms with van der Waals surface area (Å²) in [5, 5.41) is 2.49. The van der Waals surface area contributed by atoms with Crippen molar-refractivity contribution in [3.63, 3.8) is 0 Å². The normalized spacial score (nSPS) is 32.6. The quantitative estimate of drug-likeness (QED) is 0.626. The first kappa shape index (κ1) is 10.4. The summed E-state index contributed by atoms with van der Waals surface area (Å²) >= 11 is 0. The van der Waals surface area contributed by atoms with E-state index in [9.17, 15) is 13.6 Å². The van der Waals surface area contributed by atoms with Gasteiger partial charge in [-0.25, -0.2) is 8.78 Å². The Bertz CT molecular complexity index is 208. The first-order valence-electron chi connectivity index (χ1n) is 4.15. The Morgan fingerprint density at radius 1 is 1.62 bits per heavy atom. The van der Waals surface area contributed by atoms with Crippen LogP contribution < -0.4 is 5.32 Å². The number of nitrogens with one attached hydrogen (secondary N) is 1. The zero-order valence-corrected chi connectivity index (χ0v) is 7.64. The highest BCUT2D eigenvalue weighted by atomic mass is 19.3. The Labute approximate surface area is 75.4 Å². The molecule has 5 heteroatoms. The third kappa shape index (κ3) is 2.37. The molecule has 0 bridgehead atoms. The van der Waals surface area contributed by atoms with Crippen molar-refractivity contribution in [3.8, 4) is 0 Å². The molecule has 1 aliphatic heterocycles. The van der Waals surface area contributed by atoms with E-state index in [1.807, 2.05) is 0 Å². The van der Waals surface area contributed by atoms with E-state index in [1.165, 1.54) is 7.11 Å². The molecule has 1 aliphatic rings. The van der Waals surface area contributed by atoms with E-state index in [-0.39, 0.29) is 6.42 Å². The van der Waals surface area contributed by atoms with Gasteiger partial charge >= 0.3 is 5.97 Å². The molecule has 0 aromatic rings. The van der Waals surface area contributed by atoms with Crippen molar-refractivity contribution in [2.75, 3.05) is 13.7 Å². The summed E-state index contributed by atoms with van der Waals surface area (Å²) in [5.41, 5.74) is 0. The standard InChI is InChI=1S/C8H13F2NO2/c1-5-3-8(9,10)4-11-6(5)7(12)13-2/h5-6,11H,3-4H2,1-2H3/t5-,6+/m1/s1. The summed E-state index contributed by atoms with van der Waals surface area (Å²) in [7, 11) is 1.25. The summed E-state index contributed by atoms with van der Waals surface area (Å²) in [6, 6.07) is -0.593. The predicted octanol–water partition coefficient (Wildman–Crippen LogP) is 0.793. The molecule has 76 valence electrons. The molecule has 0 aromatic carbocycles. The van der Waals surface area contributed by atoms with E-state index in [0.29, 0.717) is 0 Å². The minimum atomic E-state index is -2.70. The Balaban J connectivity index is 2.58. The maximum absolute atomic E-state index is 12.8. The first-order chi connectivity index (χ1) is 5.96. The summed E-state index contributed by atoms with van der Waals surface area (Å²) < 4.78 is 30.0. The van der Waals surface area contributed by atoms with Crippen LogP contribution >= 0.6 is 0 Å². The zero-order valence-electron chi connectivity index (χ0n) is 7.64. The highest BCUT2D eigenvalue weighted by molar-refractivity contribution is 5.76. The Hall–Kier alpha value is -0.710. The molecule has 0 saturated carbocycles. The number of carbonyl (C=O) groups is 1. The Kier molecular flexibility index (Phi) is 2.85. The summed E-state index contributed by atoms with van der Waals surface area (Å²) in [5.74, 6) is -3.57. The molecule has 0 spiro atoms. The van der Waals surface area contributed by atoms with Crippen LogP contribution in [0.1, 0.15) is 13.3 Å². The van der Waals surface area contributed by atoms with Crippen LogP contribution in [0.4, 0.5) is 8.78 Å². The molecule has 0 aliphatic carbocycles. The van der Waals surface area contributed by atoms with Crippen LogP contribution in [0.3, 0.4) is 0 Å². The van der Waals surface area contributed by atoms with Crippen molar-refractivity contribution in [1.82, 2.24) is 5.32 Å². The van der Waals surface area contributed by atoms with E-state index in [2.05, 4.69) is 10.1 Å². The number of methoxy groups -OCH3 is 1. The number of hydrogen-bond acceptors (Lipinski definition) is 3. The van der Waals surface area contributed by atoms with Gasteiger partial charge in [0, 0.05) is 6.42 Å². The third-order valence-corrected chi connectivity index (χ3v) is 2.23. The van der Waals surface area contributed by atoms with E-state index in [4.69, 9.17) is 0 Å². The van der Waals surface area contributed by atoms with Crippen LogP contribution in [0.25, 0.3) is 0 Å². The molecule has 3 nitrogen and oxygen atoms in total. The van der Waals surface area contributed by atoms with Gasteiger partial charge in [0.15, 0.2) is 0 Å². The van der Waals surface area contributed by atoms with Crippen molar-refractivity contribution in [3.05, 3.63) is 0 Å². The van der Waals surface area contributed by atoms with Crippen molar-refractivity contribution >= 4 is 5.97 Å². The lowest BCUT2D eigenvalue weighted by Crippen LogP contribution is -2.53. The lowest BCUT2D eigenvalue weighted by Gasteiger charge is -2.33. The van der Waals surface area contributed by atoms with E-state index >= 15 is 0 Å². The number of alkyl halides is 2. The summed E-state index contributed by atoms with van der Waals surface area (Å²) in [6.45, 7) is 1.17. The predicted molar refractivity (Wildman–Crippen MR) is 42.5 cm³/mol. The minimum Gasteiger partial charge on any atom is -0.468 e. The average molecular weight is 193 g/mol. The fourth-order valence-corrected chi connectivity index (χ4v) is 1.56. The fourth-order valence-electron chi connectivity index (χ4n) is 1.56. The summed E-state index contributed by atoms with van der Waals surface area (Å²) in [6.07, 6.45) is -0.264. The Morgan fingerprint density at radius 3 is 2.69 bits per heavy atom. The van der Waals surface area contributed by atoms with Crippen LogP contribution in [0, 0.1) is 5.92 Å². The molecular weight excluding hydrogens is 180 g/mol. The second-order valence-electron chi connectivity index (χ2n) is 3.42. The van der Waals surface area contributed by atoms with Crippen molar-refractivity contribution in [1.29, 1.82) is 0 Å². The summed E-state index contributed by atoms with van der Waals surface area (Å²) in [4.78, 5) is 11.1. The van der Waals surface area contributed by atoms with E-state index in [1.54, 1.807) is 6.92 Å². The van der Waals surface area contributed by atoms with Gasteiger partial charge in [0.05, 0.1) is 13.7 Å². The minimum absolute atomic E-state index is 0.264. The number of piperidine rings is 1. The topological polar surface area (TPSA) is 38.3 Å². The van der Waals surface area contributed by atoms with E-state index < -0.39 is 30.4 Å². The van der Waals surface area contributed by atoms with Gasteiger partial charge in [0.2, 0.25) is 0 Å². The molecule has 1 heterocycles. The monoisotopic (exact) mass is 193 g/mol. The molecule has 1 rings (SSSR count). The lowest BCUT2D eigenvalue weighted by molar-refractivity contribution is -0.148. The molecule has 0 aromatic heterocycles. The third-order valence-electron chi connectivity index (χ3n) is 2.23. The molecule has 1 N–H and O–H groups in total. The van der Waals surface area contributed by atoms with Crippen molar-refractivity contribution < 1.29 is 18.3 Å². The van der Waals surface area contributed by atoms with Gasteiger partial charge in [-0.3, -0.25) is 10.1 Å². The molecule has 0 radical (unpaired) electrons. The van der Waals surface area contributed by atoms with Crippen molar-refractivity contribution in [2.24, 2.45) is 5.92 Å². The van der Waals surface area contributed by atoms with Gasteiger partial charge in [-0.15, -0.1) is 0 Å². The maximum atomic E-state index is 12.8. The smallest absolute Gasteiger partial charge is 0.323 e. The number of rotatable bonds is 1. The molecular formula is C8H13F2NO2. The largest absolute Gasteiger partial charge is 0.468 e. The Morgan fingerprint density at radius 2 is 2.23 bits per heavy atom. The fraction of sp³-hybridized carbons (Fsp3) is 0.875. The molecule has 0 amide bonds. The average Bonchev–Trinajstić information content (AvgIpc) is 2.01. The van der Waals surface area contributed by atoms with Crippen LogP contribution in [-0.2, 0) is 9.53 Å². The number of hydrogen-bond donors (Lipinski definition) is 1. The zero-order chi connectivity index (χ0) is 10.1. The number of halogens is 2. The van der Waals surface area contributed by atoms with Crippen LogP contribution in [-0.4, -0.2) is 31.6 Å². The van der Waals surface area contributed by atoms with Gasteiger partial charge in [0.25, 0.3) is 5.92 Å². The number of esters is 1. The van der Waals surface area contributed by atoms with Gasteiger partial charge in [-0.1, -0.05) is 6.92 Å². The molecule has 0 unspecified atom stereocenters. The molecule has 1 fully saturated rings. The first-order valence-corrected chi connectivity index (χ1v) is 4.15. The van der Waals surface area contributed by atoms with Gasteiger partial charge < -0.3 is 4.74 Å². The van der Waals surface area contributed by atoms with E-state index in [0.717, 1.165) is 0 Å². The highest BCUT2D eigenvalue weighted by Gasteiger charge is 2.42. The molecule has 13 heavy (non-hydrogen) atoms. The van der Waals surface area contributed by atoms with Crippen molar-refractivity contribution in [2.45, 2.75) is 25.3 Å². The molecule has 2 atom stereocenters. The van der Waals surface area contributed by atoms with Gasteiger partial charge in [0.1, 0.15) is 6.04 Å². The maximum Gasteiger partial charge on any atom is 0.323 e. The highest BCUT2D eigenvalue weighted by Crippen LogP contribution is 2.29. The van der Waals surface area contributed by atoms with Crippen LogP contribution in [0.2, 0.25) is 0 Å². The SMILES string of the molecule is COC(=O)[C@H]1NCC(F)(F)C[C@H]1C. The molecule has 1 saturated heterocycles. The lowest BCUT2D eigenvalue weighted by atomic mass is 9.90. The van der Waals surface area contributed by atoms with Crippen LogP contribution in [0.15, 0.2) is 0 Å². The van der Waals surface area contributed by atoms with Crippen LogP contribution in [0.5, 0.6) is 0 Å².